The van der Waals surface area contributed by atoms with E-state index in [4.69, 9.17) is 37.9 Å². The van der Waals surface area contributed by atoms with Crippen LogP contribution in [0.3, 0.4) is 0 Å². The van der Waals surface area contributed by atoms with Crippen LogP contribution in [0.5, 0.6) is 0 Å². The SMILES string of the molecule is CC[C@H]1OC(=O)/C=C(/O)[C@H](C)[C@@H](O[C@H]2O[C@@H](C)[C@H](O)[C@@H](N(C)C)[C@@H]2O)[C@@H](CC=O)C[C@@H](C)C(=O)/C=C/C(C)=C/[C@@H]1CO[C@@H]1O[C@H](C)[C@@H](OC(C)=O)[C@@H](OC)[C@H]1OC. The Morgan fingerprint density at radius 3 is 2.18 bits per heavy atom. The molecule has 3 heterocycles. The summed E-state index contributed by atoms with van der Waals surface area (Å²) in [7, 11) is 6.33. The summed E-state index contributed by atoms with van der Waals surface area (Å²) in [5.74, 6) is -4.78. The van der Waals surface area contributed by atoms with E-state index in [1.807, 2.05) is 13.0 Å². The summed E-state index contributed by atoms with van der Waals surface area (Å²) in [6, 6.07) is -0.763. The smallest absolute Gasteiger partial charge is 0.334 e. The summed E-state index contributed by atoms with van der Waals surface area (Å²) in [4.78, 5) is 52.6. The third-order valence-electron chi connectivity index (χ3n) is 11.1. The van der Waals surface area contributed by atoms with E-state index < -0.39 is 115 Å². The molecule has 324 valence electrons. The number of cyclic esters (lactones) is 1. The lowest BCUT2D eigenvalue weighted by atomic mass is 9.81. The zero-order chi connectivity index (χ0) is 42.7. The first-order valence-electron chi connectivity index (χ1n) is 19.7. The van der Waals surface area contributed by atoms with Gasteiger partial charge in [-0.25, -0.2) is 4.79 Å². The Labute approximate surface area is 336 Å². The Morgan fingerprint density at radius 2 is 1.60 bits per heavy atom. The Hall–Kier alpha value is -3.06. The summed E-state index contributed by atoms with van der Waals surface area (Å²) in [6.45, 7) is 11.6. The molecule has 0 saturated carbocycles. The second-order valence-electron chi connectivity index (χ2n) is 15.6. The highest BCUT2D eigenvalue weighted by Crippen LogP contribution is 2.35. The van der Waals surface area contributed by atoms with Crippen LogP contribution < -0.4 is 0 Å². The maximum Gasteiger partial charge on any atom is 0.334 e. The zero-order valence-electron chi connectivity index (χ0n) is 35.1. The minimum Gasteiger partial charge on any atom is -0.512 e. The molecule has 0 aliphatic carbocycles. The van der Waals surface area contributed by atoms with Gasteiger partial charge in [0.2, 0.25) is 0 Å². The van der Waals surface area contributed by atoms with E-state index in [0.717, 1.165) is 6.08 Å². The number of nitrogens with zero attached hydrogens (tertiary/aromatic N) is 1. The summed E-state index contributed by atoms with van der Waals surface area (Å²) >= 11 is 0. The number of hydrogen-bond acceptors (Lipinski definition) is 16. The Morgan fingerprint density at radius 1 is 0.947 bits per heavy atom. The molecule has 2 fully saturated rings. The highest BCUT2D eigenvalue weighted by atomic mass is 16.7. The highest BCUT2D eigenvalue weighted by Gasteiger charge is 2.49. The van der Waals surface area contributed by atoms with Crippen LogP contribution in [-0.2, 0) is 57.1 Å². The van der Waals surface area contributed by atoms with Gasteiger partial charge in [0.15, 0.2) is 24.5 Å². The number of allylic oxidation sites excluding steroid dienone is 3. The molecular weight excluding hydrogens is 746 g/mol. The molecule has 3 aliphatic rings. The van der Waals surface area contributed by atoms with Gasteiger partial charge in [-0.2, -0.15) is 0 Å². The predicted octanol–water partition coefficient (Wildman–Crippen LogP) is 2.82. The topological polar surface area (TPSA) is 206 Å². The van der Waals surface area contributed by atoms with Crippen LogP contribution in [-0.4, -0.2) is 153 Å². The fraction of sp³-hybridized carbons (Fsp3) is 0.756. The van der Waals surface area contributed by atoms with Crippen molar-refractivity contribution >= 4 is 24.0 Å². The van der Waals surface area contributed by atoms with Crippen LogP contribution in [0.25, 0.3) is 0 Å². The minimum absolute atomic E-state index is 0.0343. The number of esters is 2. The van der Waals surface area contributed by atoms with E-state index in [9.17, 15) is 34.5 Å². The van der Waals surface area contributed by atoms with Crippen molar-refractivity contribution in [3.63, 3.8) is 0 Å². The lowest BCUT2D eigenvalue weighted by Gasteiger charge is -2.46. The number of ketones is 1. The summed E-state index contributed by atoms with van der Waals surface area (Å²) in [6.07, 6.45) is -3.06. The van der Waals surface area contributed by atoms with E-state index in [-0.39, 0.29) is 25.2 Å². The fourth-order valence-electron chi connectivity index (χ4n) is 7.88. The van der Waals surface area contributed by atoms with Crippen molar-refractivity contribution in [1.29, 1.82) is 0 Å². The first kappa shape index (κ1) is 48.3. The number of methoxy groups -OCH3 is 2. The maximum absolute atomic E-state index is 13.6. The second kappa shape index (κ2) is 22.3. The highest BCUT2D eigenvalue weighted by molar-refractivity contribution is 5.91. The molecule has 0 unspecified atom stereocenters. The molecule has 3 aliphatic heterocycles. The second-order valence-corrected chi connectivity index (χ2v) is 15.6. The molecule has 0 amide bonds. The number of aliphatic hydroxyl groups is 3. The lowest BCUT2D eigenvalue weighted by molar-refractivity contribution is -0.306. The standard InChI is InChI=1S/C41H65NO15/c1-12-31-28(20-52-41-39(51-11)38(50-10)37(25(6)54-41)55-26(7)44)17-21(2)13-14-29(45)22(3)18-27(15-16-43)36(23(4)30(46)19-32(47)56-31)57-40-35(49)33(42(8)9)34(48)24(5)53-40/h13-14,16-17,19,22-25,27-28,31,33-41,46,48-49H,12,15,18,20H2,1-11H3/b14-13+,21-17+,30-19+/t22-,23+,24+,25-,27+,28-,31-,33-,34+,35+,36-,37-,38-,39-,40-,41-/m1/s1. The monoisotopic (exact) mass is 811 g/mol. The average Bonchev–Trinajstić information content (AvgIpc) is 3.14. The fourth-order valence-corrected chi connectivity index (χ4v) is 7.88. The van der Waals surface area contributed by atoms with Crippen LogP contribution in [0, 0.1) is 23.7 Å². The third kappa shape index (κ3) is 12.7. The van der Waals surface area contributed by atoms with Crippen molar-refractivity contribution in [2.75, 3.05) is 34.9 Å². The molecule has 3 N–H and O–H groups in total. The van der Waals surface area contributed by atoms with E-state index in [2.05, 4.69) is 0 Å². The molecule has 0 spiro atoms. The van der Waals surface area contributed by atoms with Crippen molar-refractivity contribution < 1.29 is 72.4 Å². The molecule has 16 heteroatoms. The van der Waals surface area contributed by atoms with Gasteiger partial charge < -0.3 is 62.9 Å². The number of aliphatic hydroxyl groups excluding tert-OH is 3. The summed E-state index contributed by atoms with van der Waals surface area (Å²) in [5, 5.41) is 33.5. The number of aldehydes is 1. The Bertz CT molecular complexity index is 1430. The van der Waals surface area contributed by atoms with Crippen molar-refractivity contribution in [2.24, 2.45) is 23.7 Å². The van der Waals surface area contributed by atoms with Gasteiger partial charge in [0, 0.05) is 45.3 Å². The number of hydrogen-bond donors (Lipinski definition) is 3. The molecule has 16 atom stereocenters. The van der Waals surface area contributed by atoms with Crippen molar-refractivity contribution in [3.05, 3.63) is 35.6 Å². The van der Waals surface area contributed by atoms with Crippen LogP contribution in [0.15, 0.2) is 35.6 Å². The predicted molar refractivity (Wildman–Crippen MR) is 206 cm³/mol. The molecule has 3 rings (SSSR count). The number of likely N-dealkylation sites (N-methyl/N-ethyl adjacent to an activating group) is 1. The van der Waals surface area contributed by atoms with E-state index >= 15 is 0 Å². The Kier molecular flexibility index (Phi) is 18.9. The van der Waals surface area contributed by atoms with Crippen LogP contribution >= 0.6 is 0 Å². The van der Waals surface area contributed by atoms with Crippen LogP contribution in [0.1, 0.15) is 67.7 Å². The number of carbonyl (C=O) groups excluding carboxylic acids is 4. The molecule has 0 radical (unpaired) electrons. The van der Waals surface area contributed by atoms with E-state index in [0.29, 0.717) is 18.3 Å². The van der Waals surface area contributed by atoms with Crippen molar-refractivity contribution in [2.45, 2.75) is 141 Å². The van der Waals surface area contributed by atoms with Gasteiger partial charge in [-0.1, -0.05) is 38.5 Å². The molecule has 0 aromatic heterocycles. The number of carbonyl (C=O) groups is 4. The third-order valence-corrected chi connectivity index (χ3v) is 11.1. The van der Waals surface area contributed by atoms with Gasteiger partial charge in [0.05, 0.1) is 43.1 Å². The van der Waals surface area contributed by atoms with E-state index in [1.165, 1.54) is 27.2 Å². The first-order valence-corrected chi connectivity index (χ1v) is 19.7. The van der Waals surface area contributed by atoms with Gasteiger partial charge in [0.1, 0.15) is 36.5 Å². The van der Waals surface area contributed by atoms with Crippen LogP contribution in [0.4, 0.5) is 0 Å². The van der Waals surface area contributed by atoms with Gasteiger partial charge >= 0.3 is 11.9 Å². The zero-order valence-corrected chi connectivity index (χ0v) is 35.1. The van der Waals surface area contributed by atoms with Crippen LogP contribution in [0.2, 0.25) is 0 Å². The van der Waals surface area contributed by atoms with Crippen molar-refractivity contribution in [1.82, 2.24) is 4.90 Å². The maximum atomic E-state index is 13.6. The summed E-state index contributed by atoms with van der Waals surface area (Å²) < 4.78 is 47.5. The van der Waals surface area contributed by atoms with E-state index in [1.54, 1.807) is 59.7 Å². The molecule has 57 heavy (non-hydrogen) atoms. The minimum atomic E-state index is -1.33. The quantitative estimate of drug-likeness (QED) is 0.191. The molecule has 0 aromatic carbocycles. The molecule has 2 saturated heterocycles. The van der Waals surface area contributed by atoms with Crippen molar-refractivity contribution in [3.8, 4) is 0 Å². The first-order chi connectivity index (χ1) is 26.9. The normalized spacial score (nSPS) is 41.3. The Balaban J connectivity index is 2.00. The molecular formula is C41H65NO15. The lowest BCUT2D eigenvalue weighted by Crippen LogP contribution is -2.63. The van der Waals surface area contributed by atoms with Gasteiger partial charge in [-0.3, -0.25) is 9.59 Å². The molecule has 16 nitrogen and oxygen atoms in total. The molecule has 0 bridgehead atoms. The number of ether oxygens (including phenoxy) is 8. The van der Waals surface area contributed by atoms with Gasteiger partial charge in [-0.05, 0) is 59.7 Å². The number of rotatable bonds is 12. The van der Waals surface area contributed by atoms with Gasteiger partial charge in [0.25, 0.3) is 0 Å². The average molecular weight is 812 g/mol. The van der Waals surface area contributed by atoms with Gasteiger partial charge in [-0.15, -0.1) is 0 Å². The summed E-state index contributed by atoms with van der Waals surface area (Å²) in [5.41, 5.74) is 0.671. The largest absolute Gasteiger partial charge is 0.512 e. The molecule has 0 aromatic rings.